The van der Waals surface area contributed by atoms with Crippen LogP contribution in [0.15, 0.2) is 36.7 Å². The Balaban J connectivity index is 2.34. The number of anilines is 1. The van der Waals surface area contributed by atoms with Crippen LogP contribution in [-0.4, -0.2) is 24.9 Å². The van der Waals surface area contributed by atoms with Crippen LogP contribution in [0, 0.1) is 0 Å². The van der Waals surface area contributed by atoms with Gasteiger partial charge in [0.1, 0.15) is 11.5 Å². The van der Waals surface area contributed by atoms with E-state index in [1.165, 1.54) is 19.2 Å². The molecule has 4 nitrogen and oxygen atoms in total. The third-order valence-corrected chi connectivity index (χ3v) is 2.72. The van der Waals surface area contributed by atoms with Crippen molar-refractivity contribution in [2.75, 3.05) is 19.5 Å². The Morgan fingerprint density at radius 1 is 1.19 bits per heavy atom. The fourth-order valence-corrected chi connectivity index (χ4v) is 1.76. The van der Waals surface area contributed by atoms with Gasteiger partial charge in [0.05, 0.1) is 12.8 Å². The Morgan fingerprint density at radius 3 is 2.62 bits per heavy atom. The molecule has 21 heavy (non-hydrogen) atoms. The molecule has 2 N–H and O–H groups in total. The van der Waals surface area contributed by atoms with Gasteiger partial charge in [-0.2, -0.15) is 13.2 Å². The van der Waals surface area contributed by atoms with Crippen molar-refractivity contribution in [3.63, 3.8) is 0 Å². The van der Waals surface area contributed by atoms with Gasteiger partial charge in [-0.05, 0) is 23.8 Å². The lowest BCUT2D eigenvalue weighted by Crippen LogP contribution is -2.19. The van der Waals surface area contributed by atoms with E-state index in [2.05, 4.69) is 4.98 Å². The van der Waals surface area contributed by atoms with Crippen molar-refractivity contribution in [3.8, 4) is 22.6 Å². The first kappa shape index (κ1) is 15.0. The summed E-state index contributed by atoms with van der Waals surface area (Å²) in [5, 5.41) is 0. The summed E-state index contributed by atoms with van der Waals surface area (Å²) in [6, 6.07) is 6.23. The zero-order chi connectivity index (χ0) is 15.5. The topological polar surface area (TPSA) is 57.4 Å². The molecule has 0 bridgehead atoms. The quantitative estimate of drug-likeness (QED) is 0.880. The number of rotatable bonds is 4. The third kappa shape index (κ3) is 3.77. The van der Waals surface area contributed by atoms with Gasteiger partial charge in [0.15, 0.2) is 6.61 Å². The molecule has 0 saturated carbocycles. The molecule has 0 saturated heterocycles. The monoisotopic (exact) mass is 298 g/mol. The highest BCUT2D eigenvalue weighted by Crippen LogP contribution is 2.34. The van der Waals surface area contributed by atoms with E-state index in [1.807, 2.05) is 0 Å². The SMILES string of the molecule is COc1ccncc1-c1ccc(N)c(OCC(F)(F)F)c1. The Labute approximate surface area is 119 Å². The van der Waals surface area contributed by atoms with Gasteiger partial charge in [-0.15, -0.1) is 0 Å². The Kier molecular flexibility index (Phi) is 4.21. The summed E-state index contributed by atoms with van der Waals surface area (Å²) in [5.41, 5.74) is 7.00. The molecule has 0 fully saturated rings. The molecule has 0 aliphatic heterocycles. The second-order valence-corrected chi connectivity index (χ2v) is 4.23. The zero-order valence-corrected chi connectivity index (χ0v) is 11.1. The minimum atomic E-state index is -4.42. The molecule has 1 aromatic carbocycles. The van der Waals surface area contributed by atoms with E-state index in [0.717, 1.165) is 0 Å². The fraction of sp³-hybridized carbons (Fsp3) is 0.214. The van der Waals surface area contributed by atoms with E-state index >= 15 is 0 Å². The van der Waals surface area contributed by atoms with Gasteiger partial charge < -0.3 is 15.2 Å². The molecule has 7 heteroatoms. The lowest BCUT2D eigenvalue weighted by molar-refractivity contribution is -0.153. The van der Waals surface area contributed by atoms with Crippen molar-refractivity contribution in [2.45, 2.75) is 6.18 Å². The molecular formula is C14H13F3N2O2. The highest BCUT2D eigenvalue weighted by molar-refractivity contribution is 5.73. The summed E-state index contributed by atoms with van der Waals surface area (Å²) in [6.07, 6.45) is -1.31. The Hall–Kier alpha value is -2.44. The molecule has 0 radical (unpaired) electrons. The van der Waals surface area contributed by atoms with Crippen molar-refractivity contribution in [1.29, 1.82) is 0 Å². The number of ether oxygens (including phenoxy) is 2. The van der Waals surface area contributed by atoms with Crippen LogP contribution in [0.3, 0.4) is 0 Å². The number of halogens is 3. The van der Waals surface area contributed by atoms with E-state index in [-0.39, 0.29) is 11.4 Å². The zero-order valence-electron chi connectivity index (χ0n) is 11.1. The molecule has 2 rings (SSSR count). The summed E-state index contributed by atoms with van der Waals surface area (Å²) in [6.45, 7) is -1.40. The fourth-order valence-electron chi connectivity index (χ4n) is 1.76. The molecule has 0 aliphatic rings. The van der Waals surface area contributed by atoms with E-state index < -0.39 is 12.8 Å². The predicted octanol–water partition coefficient (Wildman–Crippen LogP) is 3.28. The number of benzene rings is 1. The van der Waals surface area contributed by atoms with Gasteiger partial charge in [0.2, 0.25) is 0 Å². The molecule has 0 spiro atoms. The lowest BCUT2D eigenvalue weighted by Gasteiger charge is -2.13. The average Bonchev–Trinajstić information content (AvgIpc) is 2.45. The van der Waals surface area contributed by atoms with Crippen LogP contribution in [0.4, 0.5) is 18.9 Å². The summed E-state index contributed by atoms with van der Waals surface area (Å²) in [7, 11) is 1.50. The van der Waals surface area contributed by atoms with Gasteiger partial charge in [-0.25, -0.2) is 0 Å². The van der Waals surface area contributed by atoms with Crippen molar-refractivity contribution in [1.82, 2.24) is 4.98 Å². The van der Waals surface area contributed by atoms with E-state index in [9.17, 15) is 13.2 Å². The number of alkyl halides is 3. The molecule has 0 amide bonds. The summed E-state index contributed by atoms with van der Waals surface area (Å²) < 4.78 is 46.6. The molecule has 2 aromatic rings. The number of nitrogens with two attached hydrogens (primary N) is 1. The largest absolute Gasteiger partial charge is 0.496 e. The molecule has 0 unspecified atom stereocenters. The van der Waals surface area contributed by atoms with Crippen molar-refractivity contribution >= 4 is 5.69 Å². The van der Waals surface area contributed by atoms with Gasteiger partial charge in [0.25, 0.3) is 0 Å². The highest BCUT2D eigenvalue weighted by Gasteiger charge is 2.28. The maximum atomic E-state index is 12.2. The first-order valence-electron chi connectivity index (χ1n) is 5.98. The summed E-state index contributed by atoms with van der Waals surface area (Å²) in [5.74, 6) is 0.521. The van der Waals surface area contributed by atoms with Crippen LogP contribution in [0.1, 0.15) is 0 Å². The lowest BCUT2D eigenvalue weighted by atomic mass is 10.1. The van der Waals surface area contributed by atoms with Crippen LogP contribution in [0.25, 0.3) is 11.1 Å². The van der Waals surface area contributed by atoms with Crippen LogP contribution >= 0.6 is 0 Å². The van der Waals surface area contributed by atoms with Gasteiger partial charge in [-0.3, -0.25) is 4.98 Å². The molecule has 1 heterocycles. The summed E-state index contributed by atoms with van der Waals surface area (Å²) in [4.78, 5) is 3.97. The number of methoxy groups -OCH3 is 1. The number of hydrogen-bond acceptors (Lipinski definition) is 4. The molecule has 0 atom stereocenters. The maximum Gasteiger partial charge on any atom is 0.422 e. The Morgan fingerprint density at radius 2 is 1.95 bits per heavy atom. The van der Waals surface area contributed by atoms with Crippen LogP contribution in [0.5, 0.6) is 11.5 Å². The highest BCUT2D eigenvalue weighted by atomic mass is 19.4. The average molecular weight is 298 g/mol. The van der Waals surface area contributed by atoms with Gasteiger partial charge >= 0.3 is 6.18 Å². The van der Waals surface area contributed by atoms with Crippen LogP contribution < -0.4 is 15.2 Å². The van der Waals surface area contributed by atoms with Gasteiger partial charge in [0, 0.05) is 18.0 Å². The van der Waals surface area contributed by atoms with E-state index in [1.54, 1.807) is 24.5 Å². The van der Waals surface area contributed by atoms with E-state index in [0.29, 0.717) is 16.9 Å². The standard InChI is InChI=1S/C14H13F3N2O2/c1-20-12-4-5-19-7-10(12)9-2-3-11(18)13(6-9)21-8-14(15,16)17/h2-7H,8,18H2,1H3. The smallest absolute Gasteiger partial charge is 0.422 e. The van der Waals surface area contributed by atoms with Crippen molar-refractivity contribution in [2.24, 2.45) is 0 Å². The van der Waals surface area contributed by atoms with Crippen LogP contribution in [0.2, 0.25) is 0 Å². The molecule has 0 aliphatic carbocycles. The number of nitrogens with zero attached hydrogens (tertiary/aromatic N) is 1. The molecule has 112 valence electrons. The maximum absolute atomic E-state index is 12.2. The normalized spacial score (nSPS) is 11.2. The number of aromatic nitrogens is 1. The van der Waals surface area contributed by atoms with Crippen molar-refractivity contribution < 1.29 is 22.6 Å². The van der Waals surface area contributed by atoms with Crippen LogP contribution in [-0.2, 0) is 0 Å². The minimum absolute atomic E-state index is 0.0317. The van der Waals surface area contributed by atoms with E-state index in [4.69, 9.17) is 15.2 Å². The second-order valence-electron chi connectivity index (χ2n) is 4.23. The number of pyridine rings is 1. The number of hydrogen-bond donors (Lipinski definition) is 1. The van der Waals surface area contributed by atoms with Gasteiger partial charge in [-0.1, -0.05) is 6.07 Å². The Bertz CT molecular complexity index is 630. The summed E-state index contributed by atoms with van der Waals surface area (Å²) >= 11 is 0. The van der Waals surface area contributed by atoms with Crippen molar-refractivity contribution in [3.05, 3.63) is 36.7 Å². The number of nitrogen functional groups attached to an aromatic ring is 1. The minimum Gasteiger partial charge on any atom is -0.496 e. The molecule has 1 aromatic heterocycles. The first-order chi connectivity index (χ1) is 9.90. The first-order valence-corrected chi connectivity index (χ1v) is 5.98. The molecular weight excluding hydrogens is 285 g/mol. The predicted molar refractivity (Wildman–Crippen MR) is 72.2 cm³/mol. The third-order valence-electron chi connectivity index (χ3n) is 2.72. The second kappa shape index (κ2) is 5.90.